The van der Waals surface area contributed by atoms with Crippen molar-refractivity contribution in [2.75, 3.05) is 27.4 Å². The molecule has 6 heteroatoms. The number of hydrogen-bond donors (Lipinski definition) is 0. The van der Waals surface area contributed by atoms with Crippen LogP contribution in [-0.4, -0.2) is 53.1 Å². The van der Waals surface area contributed by atoms with Gasteiger partial charge in [-0.1, -0.05) is 5.16 Å². The second kappa shape index (κ2) is 4.29. The van der Waals surface area contributed by atoms with Gasteiger partial charge in [-0.3, -0.25) is 0 Å². The first kappa shape index (κ1) is 12.1. The molecule has 0 aromatic carbocycles. The van der Waals surface area contributed by atoms with E-state index in [9.17, 15) is 0 Å². The number of aliphatic imine (C=N–C) groups is 1. The number of hydrogen-bond acceptors (Lipinski definition) is 6. The van der Waals surface area contributed by atoms with Crippen LogP contribution in [-0.2, 0) is 6.54 Å². The highest BCUT2D eigenvalue weighted by Gasteiger charge is 2.28. The third-order valence-corrected chi connectivity index (χ3v) is 3.68. The molecule has 2 aliphatic rings. The Balaban J connectivity index is 1.85. The van der Waals surface area contributed by atoms with Crippen LogP contribution in [0.2, 0.25) is 0 Å². The number of rotatable bonds is 2. The minimum atomic E-state index is 0.741. The van der Waals surface area contributed by atoms with E-state index in [0.717, 1.165) is 37.2 Å². The van der Waals surface area contributed by atoms with Crippen LogP contribution < -0.4 is 0 Å². The van der Waals surface area contributed by atoms with E-state index < -0.39 is 0 Å². The quantitative estimate of drug-likeness (QED) is 0.799. The summed E-state index contributed by atoms with van der Waals surface area (Å²) in [5.74, 6) is 1.98. The van der Waals surface area contributed by atoms with E-state index in [-0.39, 0.29) is 0 Å². The van der Waals surface area contributed by atoms with Gasteiger partial charge in [0.2, 0.25) is 0 Å². The highest BCUT2D eigenvalue weighted by molar-refractivity contribution is 5.99. The van der Waals surface area contributed by atoms with Gasteiger partial charge in [0.15, 0.2) is 5.84 Å². The summed E-state index contributed by atoms with van der Waals surface area (Å²) in [5.41, 5.74) is 3.32. The lowest BCUT2D eigenvalue weighted by Crippen LogP contribution is -2.42. The van der Waals surface area contributed by atoms with Crippen molar-refractivity contribution < 1.29 is 4.52 Å². The van der Waals surface area contributed by atoms with Crippen LogP contribution >= 0.6 is 0 Å². The van der Waals surface area contributed by atoms with Gasteiger partial charge in [-0.2, -0.15) is 0 Å². The molecule has 0 atom stereocenters. The van der Waals surface area contributed by atoms with Crippen molar-refractivity contribution in [3.63, 3.8) is 0 Å². The summed E-state index contributed by atoms with van der Waals surface area (Å²) in [4.78, 5) is 11.1. The Morgan fingerprint density at radius 2 is 2.05 bits per heavy atom. The standard InChI is InChI=1S/C13H19N5O/c1-9-11(10(2)19-15-9)5-18-6-12-13(17(4)8-18)14-7-16(12)3/h6H,5,7-8H2,1-4H3. The van der Waals surface area contributed by atoms with E-state index in [2.05, 4.69) is 45.1 Å². The van der Waals surface area contributed by atoms with Crippen molar-refractivity contribution in [2.24, 2.45) is 4.99 Å². The average Bonchev–Trinajstić information content (AvgIpc) is 2.88. The minimum absolute atomic E-state index is 0.741. The lowest BCUT2D eigenvalue weighted by molar-refractivity contribution is 0.246. The summed E-state index contributed by atoms with van der Waals surface area (Å²) < 4.78 is 5.23. The van der Waals surface area contributed by atoms with Crippen molar-refractivity contribution >= 4 is 5.84 Å². The number of amidine groups is 1. The van der Waals surface area contributed by atoms with Crippen LogP contribution in [0.3, 0.4) is 0 Å². The topological polar surface area (TPSA) is 48.1 Å². The van der Waals surface area contributed by atoms with Gasteiger partial charge in [0, 0.05) is 32.4 Å². The second-order valence-corrected chi connectivity index (χ2v) is 5.22. The Morgan fingerprint density at radius 1 is 1.26 bits per heavy atom. The van der Waals surface area contributed by atoms with Gasteiger partial charge in [-0.05, 0) is 13.8 Å². The normalized spacial score (nSPS) is 18.6. The fraction of sp³-hybridized carbons (Fsp3) is 0.538. The molecule has 0 saturated carbocycles. The van der Waals surface area contributed by atoms with Crippen molar-refractivity contribution in [3.05, 3.63) is 28.9 Å². The molecule has 0 spiro atoms. The number of nitrogens with zero attached hydrogens (tertiary/aromatic N) is 5. The van der Waals surface area contributed by atoms with E-state index in [4.69, 9.17) is 4.52 Å². The Labute approximate surface area is 113 Å². The zero-order valence-corrected chi connectivity index (χ0v) is 11.8. The Hall–Kier alpha value is -1.98. The molecule has 0 bridgehead atoms. The maximum absolute atomic E-state index is 5.23. The molecule has 1 aromatic heterocycles. The number of aryl methyl sites for hydroxylation is 2. The fourth-order valence-corrected chi connectivity index (χ4v) is 2.55. The molecule has 0 fully saturated rings. The van der Waals surface area contributed by atoms with Crippen LogP contribution in [0.1, 0.15) is 17.0 Å². The summed E-state index contributed by atoms with van der Waals surface area (Å²) in [7, 11) is 4.14. The summed E-state index contributed by atoms with van der Waals surface area (Å²) in [6, 6.07) is 0. The highest BCUT2D eigenvalue weighted by atomic mass is 16.5. The van der Waals surface area contributed by atoms with Crippen LogP contribution in [0.15, 0.2) is 21.4 Å². The first-order valence-corrected chi connectivity index (χ1v) is 6.41. The van der Waals surface area contributed by atoms with Gasteiger partial charge in [0.1, 0.15) is 12.4 Å². The van der Waals surface area contributed by atoms with Crippen LogP contribution in [0.4, 0.5) is 0 Å². The van der Waals surface area contributed by atoms with E-state index in [1.54, 1.807) is 0 Å². The van der Waals surface area contributed by atoms with Crippen molar-refractivity contribution in [2.45, 2.75) is 20.4 Å². The number of fused-ring (bicyclic) bond motifs is 1. The smallest absolute Gasteiger partial charge is 0.152 e. The first-order valence-electron chi connectivity index (χ1n) is 6.41. The molecule has 6 nitrogen and oxygen atoms in total. The third kappa shape index (κ3) is 1.97. The minimum Gasteiger partial charge on any atom is -0.361 e. The molecule has 0 aliphatic carbocycles. The molecule has 1 aromatic rings. The largest absolute Gasteiger partial charge is 0.361 e. The molecule has 0 unspecified atom stereocenters. The predicted octanol–water partition coefficient (Wildman–Crippen LogP) is 1.14. The second-order valence-electron chi connectivity index (χ2n) is 5.22. The Kier molecular flexibility index (Phi) is 2.73. The molecule has 0 N–H and O–H groups in total. The van der Waals surface area contributed by atoms with Crippen LogP contribution in [0.25, 0.3) is 0 Å². The molecule has 19 heavy (non-hydrogen) atoms. The van der Waals surface area contributed by atoms with Gasteiger partial charge in [0.25, 0.3) is 0 Å². The van der Waals surface area contributed by atoms with Gasteiger partial charge >= 0.3 is 0 Å². The average molecular weight is 261 g/mol. The Bertz CT molecular complexity index is 540. The molecular weight excluding hydrogens is 242 g/mol. The first-order chi connectivity index (χ1) is 9.06. The summed E-state index contributed by atoms with van der Waals surface area (Å²) >= 11 is 0. The summed E-state index contributed by atoms with van der Waals surface area (Å²) in [6.45, 7) is 6.34. The summed E-state index contributed by atoms with van der Waals surface area (Å²) in [6.07, 6.45) is 2.18. The van der Waals surface area contributed by atoms with Gasteiger partial charge in [-0.15, -0.1) is 0 Å². The maximum Gasteiger partial charge on any atom is 0.152 e. The highest BCUT2D eigenvalue weighted by Crippen LogP contribution is 2.23. The molecule has 2 aliphatic heterocycles. The van der Waals surface area contributed by atoms with Crippen molar-refractivity contribution in [1.29, 1.82) is 0 Å². The number of aromatic nitrogens is 1. The molecular formula is C13H19N5O. The molecule has 0 saturated heterocycles. The Morgan fingerprint density at radius 3 is 2.74 bits per heavy atom. The zero-order chi connectivity index (χ0) is 13.6. The van der Waals surface area contributed by atoms with E-state index in [1.807, 2.05) is 13.8 Å². The number of likely N-dealkylation sites (N-methyl/N-ethyl adjacent to an activating group) is 2. The fourth-order valence-electron chi connectivity index (χ4n) is 2.55. The molecule has 0 amide bonds. The van der Waals surface area contributed by atoms with Crippen LogP contribution in [0.5, 0.6) is 0 Å². The van der Waals surface area contributed by atoms with Crippen molar-refractivity contribution in [3.8, 4) is 0 Å². The lowest BCUT2D eigenvalue weighted by atomic mass is 10.2. The van der Waals surface area contributed by atoms with Gasteiger partial charge in [-0.25, -0.2) is 4.99 Å². The molecule has 3 heterocycles. The van der Waals surface area contributed by atoms with E-state index in [0.29, 0.717) is 0 Å². The van der Waals surface area contributed by atoms with Gasteiger partial charge < -0.3 is 19.2 Å². The SMILES string of the molecule is Cc1noc(C)c1CN1C=C2C(=NCN2C)N(C)C1. The summed E-state index contributed by atoms with van der Waals surface area (Å²) in [5, 5.41) is 4.01. The van der Waals surface area contributed by atoms with Gasteiger partial charge in [0.05, 0.1) is 18.1 Å². The monoisotopic (exact) mass is 261 g/mol. The van der Waals surface area contributed by atoms with E-state index in [1.165, 1.54) is 11.3 Å². The third-order valence-electron chi connectivity index (χ3n) is 3.68. The molecule has 0 radical (unpaired) electrons. The van der Waals surface area contributed by atoms with E-state index >= 15 is 0 Å². The zero-order valence-electron chi connectivity index (χ0n) is 11.8. The van der Waals surface area contributed by atoms with Crippen LogP contribution in [0, 0.1) is 13.8 Å². The lowest BCUT2D eigenvalue weighted by Gasteiger charge is -2.34. The predicted molar refractivity (Wildman–Crippen MR) is 72.3 cm³/mol. The molecule has 102 valence electrons. The molecule has 3 rings (SSSR count). The maximum atomic E-state index is 5.23. The van der Waals surface area contributed by atoms with Crippen molar-refractivity contribution in [1.82, 2.24) is 19.9 Å².